The van der Waals surface area contributed by atoms with Gasteiger partial charge in [-0.25, -0.2) is 4.98 Å². The lowest BCUT2D eigenvalue weighted by Gasteiger charge is -2.14. The lowest BCUT2D eigenvalue weighted by Crippen LogP contribution is -2.31. The van der Waals surface area contributed by atoms with Crippen LogP contribution in [0.5, 0.6) is 0 Å². The van der Waals surface area contributed by atoms with Crippen LogP contribution < -0.4 is 5.32 Å². The minimum absolute atomic E-state index is 0.0779. The molecule has 0 radical (unpaired) electrons. The van der Waals surface area contributed by atoms with Gasteiger partial charge in [-0.1, -0.05) is 29.8 Å². The summed E-state index contributed by atoms with van der Waals surface area (Å²) >= 11 is 7.83. The van der Waals surface area contributed by atoms with Crippen LogP contribution in [0.15, 0.2) is 30.3 Å². The predicted octanol–water partition coefficient (Wildman–Crippen LogP) is 3.51. The molecule has 0 saturated heterocycles. The predicted molar refractivity (Wildman–Crippen MR) is 84.6 cm³/mol. The third-order valence-corrected chi connectivity index (χ3v) is 5.35. The molecule has 1 amide bonds. The van der Waals surface area contributed by atoms with Gasteiger partial charge in [0.15, 0.2) is 0 Å². The van der Waals surface area contributed by atoms with E-state index in [0.29, 0.717) is 17.3 Å². The van der Waals surface area contributed by atoms with Gasteiger partial charge >= 0.3 is 0 Å². The number of aromatic nitrogens is 1. The number of carbonyl (C=O) groups is 1. The molecule has 1 saturated carbocycles. The van der Waals surface area contributed by atoms with Crippen molar-refractivity contribution in [2.24, 2.45) is 0 Å². The van der Waals surface area contributed by atoms with Crippen molar-refractivity contribution in [2.45, 2.75) is 17.6 Å². The van der Waals surface area contributed by atoms with Gasteiger partial charge in [-0.2, -0.15) is 11.8 Å². The highest BCUT2D eigenvalue weighted by atomic mass is 35.5. The van der Waals surface area contributed by atoms with Gasteiger partial charge in [0.2, 0.25) is 0 Å². The SMILES string of the molecule is CSC1(CNC(=O)c2cc(Cl)nc3ccccc23)CC1. The highest BCUT2D eigenvalue weighted by Crippen LogP contribution is 2.46. The first-order valence-corrected chi connectivity index (χ1v) is 8.12. The first-order chi connectivity index (χ1) is 9.63. The van der Waals surface area contributed by atoms with Crippen molar-refractivity contribution >= 4 is 40.2 Å². The number of carbonyl (C=O) groups excluding carboxylic acids is 1. The summed E-state index contributed by atoms with van der Waals surface area (Å²) in [5, 5.41) is 4.21. The lowest BCUT2D eigenvalue weighted by atomic mass is 10.1. The summed E-state index contributed by atoms with van der Waals surface area (Å²) in [4.78, 5) is 16.6. The van der Waals surface area contributed by atoms with Crippen LogP contribution in [-0.4, -0.2) is 28.4 Å². The Morgan fingerprint density at radius 3 is 2.90 bits per heavy atom. The maximum Gasteiger partial charge on any atom is 0.252 e. The zero-order chi connectivity index (χ0) is 14.2. The van der Waals surface area contributed by atoms with Gasteiger partial charge < -0.3 is 5.32 Å². The first-order valence-electron chi connectivity index (χ1n) is 6.52. The lowest BCUT2D eigenvalue weighted by molar-refractivity contribution is 0.0954. The van der Waals surface area contributed by atoms with Gasteiger partial charge in [-0.3, -0.25) is 4.79 Å². The second-order valence-electron chi connectivity index (χ2n) is 5.08. The summed E-state index contributed by atoms with van der Waals surface area (Å²) in [6.45, 7) is 0.710. The van der Waals surface area contributed by atoms with Crippen molar-refractivity contribution in [3.63, 3.8) is 0 Å². The van der Waals surface area contributed by atoms with Crippen molar-refractivity contribution in [3.05, 3.63) is 41.0 Å². The number of rotatable bonds is 4. The number of benzene rings is 1. The quantitative estimate of drug-likeness (QED) is 0.879. The fourth-order valence-corrected chi connectivity index (χ4v) is 3.19. The van der Waals surface area contributed by atoms with Crippen molar-refractivity contribution in [2.75, 3.05) is 12.8 Å². The van der Waals surface area contributed by atoms with E-state index >= 15 is 0 Å². The average Bonchev–Trinajstić information content (AvgIpc) is 3.24. The molecular formula is C15H15ClN2OS. The minimum atomic E-state index is -0.0779. The Balaban J connectivity index is 1.87. The number of nitrogens with one attached hydrogen (secondary N) is 1. The molecule has 1 N–H and O–H groups in total. The summed E-state index contributed by atoms with van der Waals surface area (Å²) in [6.07, 6.45) is 4.44. The van der Waals surface area contributed by atoms with Gasteiger partial charge in [0, 0.05) is 16.7 Å². The maximum atomic E-state index is 12.4. The van der Waals surface area contributed by atoms with Crippen molar-refractivity contribution < 1.29 is 4.79 Å². The fourth-order valence-electron chi connectivity index (χ4n) is 2.26. The molecule has 0 aliphatic heterocycles. The van der Waals surface area contributed by atoms with E-state index in [1.54, 1.807) is 6.07 Å². The molecule has 5 heteroatoms. The third-order valence-electron chi connectivity index (χ3n) is 3.74. The molecule has 3 rings (SSSR count). The van der Waals surface area contributed by atoms with E-state index < -0.39 is 0 Å². The van der Waals surface area contributed by atoms with Crippen LogP contribution in [0.4, 0.5) is 0 Å². The Hall–Kier alpha value is -1.26. The molecule has 3 nitrogen and oxygen atoms in total. The summed E-state index contributed by atoms with van der Waals surface area (Å²) in [6, 6.07) is 9.19. The van der Waals surface area contributed by atoms with Crippen LogP contribution in [0, 0.1) is 0 Å². The number of halogens is 1. The molecule has 104 valence electrons. The van der Waals surface area contributed by atoms with Gasteiger partial charge in [-0.05, 0) is 31.2 Å². The van der Waals surface area contributed by atoms with E-state index in [4.69, 9.17) is 11.6 Å². The maximum absolute atomic E-state index is 12.4. The van der Waals surface area contributed by atoms with Crippen molar-refractivity contribution in [3.8, 4) is 0 Å². The van der Waals surface area contributed by atoms with Gasteiger partial charge in [-0.15, -0.1) is 0 Å². The number of pyridine rings is 1. The number of para-hydroxylation sites is 1. The molecule has 1 heterocycles. The number of hydrogen-bond donors (Lipinski definition) is 1. The average molecular weight is 307 g/mol. The second kappa shape index (κ2) is 5.26. The molecule has 0 bridgehead atoms. The minimum Gasteiger partial charge on any atom is -0.351 e. The molecule has 1 aromatic heterocycles. The molecule has 1 fully saturated rings. The van der Waals surface area contributed by atoms with Crippen LogP contribution in [0.1, 0.15) is 23.2 Å². The molecule has 2 aromatic rings. The summed E-state index contributed by atoms with van der Waals surface area (Å²) < 4.78 is 0.252. The number of nitrogens with zero attached hydrogens (tertiary/aromatic N) is 1. The summed E-state index contributed by atoms with van der Waals surface area (Å²) in [7, 11) is 0. The highest BCUT2D eigenvalue weighted by molar-refractivity contribution is 8.00. The Bertz CT molecular complexity index is 670. The molecular weight excluding hydrogens is 292 g/mol. The van der Waals surface area contributed by atoms with Crippen molar-refractivity contribution in [1.82, 2.24) is 10.3 Å². The van der Waals surface area contributed by atoms with E-state index in [9.17, 15) is 4.79 Å². The van der Waals surface area contributed by atoms with Crippen LogP contribution >= 0.6 is 23.4 Å². The fraction of sp³-hybridized carbons (Fsp3) is 0.333. The Kier molecular flexibility index (Phi) is 3.61. The molecule has 1 aromatic carbocycles. The zero-order valence-corrected chi connectivity index (χ0v) is 12.7. The number of fused-ring (bicyclic) bond motifs is 1. The van der Waals surface area contributed by atoms with Gasteiger partial charge in [0.1, 0.15) is 5.15 Å². The van der Waals surface area contributed by atoms with E-state index in [0.717, 1.165) is 10.9 Å². The Morgan fingerprint density at radius 2 is 2.20 bits per heavy atom. The number of amides is 1. The van der Waals surface area contributed by atoms with Crippen LogP contribution in [0.25, 0.3) is 10.9 Å². The van der Waals surface area contributed by atoms with Gasteiger partial charge in [0.25, 0.3) is 5.91 Å². The molecule has 0 atom stereocenters. The van der Waals surface area contributed by atoms with E-state index in [-0.39, 0.29) is 10.7 Å². The topological polar surface area (TPSA) is 42.0 Å². The third kappa shape index (κ3) is 2.63. The highest BCUT2D eigenvalue weighted by Gasteiger charge is 2.42. The Labute approximate surface area is 127 Å². The van der Waals surface area contributed by atoms with Crippen LogP contribution in [0.2, 0.25) is 5.15 Å². The number of thioether (sulfide) groups is 1. The molecule has 20 heavy (non-hydrogen) atoms. The molecule has 1 aliphatic carbocycles. The molecule has 0 spiro atoms. The smallest absolute Gasteiger partial charge is 0.252 e. The largest absolute Gasteiger partial charge is 0.351 e. The first kappa shape index (κ1) is 13.7. The molecule has 1 aliphatic rings. The van der Waals surface area contributed by atoms with E-state index in [1.807, 2.05) is 36.0 Å². The van der Waals surface area contributed by atoms with E-state index in [2.05, 4.69) is 16.6 Å². The van der Waals surface area contributed by atoms with Crippen LogP contribution in [-0.2, 0) is 0 Å². The number of hydrogen-bond acceptors (Lipinski definition) is 3. The summed E-state index contributed by atoms with van der Waals surface area (Å²) in [5.41, 5.74) is 1.34. The van der Waals surface area contributed by atoms with E-state index in [1.165, 1.54) is 12.8 Å². The summed E-state index contributed by atoms with van der Waals surface area (Å²) in [5.74, 6) is -0.0779. The second-order valence-corrected chi connectivity index (χ2v) is 6.74. The standard InChI is InChI=1S/C15H15ClN2OS/c1-20-15(6-7-15)9-17-14(19)11-8-13(16)18-12-5-3-2-4-10(11)12/h2-5,8H,6-7,9H2,1H3,(H,17,19). The molecule has 0 unspecified atom stereocenters. The Morgan fingerprint density at radius 1 is 1.45 bits per heavy atom. The normalized spacial score (nSPS) is 16.1. The van der Waals surface area contributed by atoms with Crippen LogP contribution in [0.3, 0.4) is 0 Å². The monoisotopic (exact) mass is 306 g/mol. The van der Waals surface area contributed by atoms with Crippen molar-refractivity contribution in [1.29, 1.82) is 0 Å². The van der Waals surface area contributed by atoms with Gasteiger partial charge in [0.05, 0.1) is 11.1 Å². The zero-order valence-electron chi connectivity index (χ0n) is 11.1.